The zero-order valence-electron chi connectivity index (χ0n) is 2.72. The quantitative estimate of drug-likeness (QED) is 0.362. The van der Waals surface area contributed by atoms with Gasteiger partial charge in [-0.25, -0.2) is 0 Å². The molecule has 0 fully saturated rings. The molecule has 0 aromatic rings. The fourth-order valence-corrected chi connectivity index (χ4v) is 0. The summed E-state index contributed by atoms with van der Waals surface area (Å²) in [6.07, 6.45) is 0. The second-order valence-corrected chi connectivity index (χ2v) is 0.214. The van der Waals surface area contributed by atoms with Crippen molar-refractivity contribution in [1.82, 2.24) is 0 Å². The molecule has 0 aromatic heterocycles. The Labute approximate surface area is 64.0 Å². The fourth-order valence-electron chi connectivity index (χ4n) is 0. The average molecular weight is 261 g/mol. The van der Waals surface area contributed by atoms with Gasteiger partial charge < -0.3 is 30.2 Å². The Morgan fingerprint density at radius 3 is 1.00 bits per heavy atom. The molecule has 0 atom stereocenters. The van der Waals surface area contributed by atoms with E-state index in [-0.39, 0.29) is 44.3 Å². The van der Waals surface area contributed by atoms with Crippen LogP contribution in [-0.2, 0) is 27.3 Å². The molecule has 0 aliphatic rings. The molecule has 0 N–H and O–H groups in total. The maximum absolute atomic E-state index is 9.58. The molecular formula is CBrCdF3. The molecule has 6 heavy (non-hydrogen) atoms. The Morgan fingerprint density at radius 1 is 1.00 bits per heavy atom. The molecule has 5 heteroatoms. The first-order chi connectivity index (χ1) is 1.73. The summed E-state index contributed by atoms with van der Waals surface area (Å²) in [7, 11) is 0. The Bertz CT molecular complexity index is 15.5. The van der Waals surface area contributed by atoms with Crippen molar-refractivity contribution in [1.29, 1.82) is 0 Å². The topological polar surface area (TPSA) is 0 Å². The van der Waals surface area contributed by atoms with Crippen molar-refractivity contribution in [2.75, 3.05) is 0 Å². The van der Waals surface area contributed by atoms with Crippen LogP contribution >= 0.6 is 0 Å². The van der Waals surface area contributed by atoms with E-state index in [1.165, 1.54) is 0 Å². The van der Waals surface area contributed by atoms with Gasteiger partial charge in [0.25, 0.3) is 0 Å². The molecule has 0 aromatic carbocycles. The summed E-state index contributed by atoms with van der Waals surface area (Å²) >= 11 is 0. The molecule has 0 spiro atoms. The molecular weight excluding hydrogens is 261 g/mol. The molecule has 0 aliphatic carbocycles. The standard InChI is InChI=1S/CF3.BrH.Cd/c2-1(3)4;;/h;1H;/q-1;;+2/p-1. The largest absolute Gasteiger partial charge is 2.00 e. The van der Waals surface area contributed by atoms with Crippen LogP contribution in [0, 0.1) is 6.68 Å². The van der Waals surface area contributed by atoms with Gasteiger partial charge in [-0.2, -0.15) is 0 Å². The van der Waals surface area contributed by atoms with E-state index < -0.39 is 6.68 Å². The zero-order chi connectivity index (χ0) is 3.58. The summed E-state index contributed by atoms with van der Waals surface area (Å²) in [6, 6.07) is 0. The second-order valence-electron chi connectivity index (χ2n) is 0.214. The Balaban J connectivity index is -0.0000000450. The van der Waals surface area contributed by atoms with Gasteiger partial charge in [0.15, 0.2) is 6.68 Å². The molecule has 0 heterocycles. The molecule has 0 amide bonds. The van der Waals surface area contributed by atoms with Crippen LogP contribution in [-0.4, -0.2) is 0 Å². The normalized spacial score (nSPS) is 6.00. The van der Waals surface area contributed by atoms with Gasteiger partial charge in [-0.15, -0.1) is 0 Å². The number of hydrogen-bond donors (Lipinski definition) is 0. The van der Waals surface area contributed by atoms with Crippen LogP contribution in [0.1, 0.15) is 0 Å². The second kappa shape index (κ2) is 9.50. The van der Waals surface area contributed by atoms with Crippen LogP contribution in [0.4, 0.5) is 13.2 Å². The van der Waals surface area contributed by atoms with E-state index in [2.05, 4.69) is 0 Å². The summed E-state index contributed by atoms with van der Waals surface area (Å²) < 4.78 is 28.8. The van der Waals surface area contributed by atoms with E-state index in [1.54, 1.807) is 0 Å². The van der Waals surface area contributed by atoms with Crippen LogP contribution in [0.25, 0.3) is 0 Å². The first kappa shape index (κ1) is 15.7. The van der Waals surface area contributed by atoms with Gasteiger partial charge in [-0.3, -0.25) is 0 Å². The summed E-state index contributed by atoms with van der Waals surface area (Å²) in [5.41, 5.74) is 0. The van der Waals surface area contributed by atoms with Gasteiger partial charge in [0.05, 0.1) is 0 Å². The third kappa shape index (κ3) is 64.2. The minimum Gasteiger partial charge on any atom is -1.00 e. The van der Waals surface area contributed by atoms with Crippen molar-refractivity contribution in [2.45, 2.75) is 0 Å². The first-order valence-electron chi connectivity index (χ1n) is 0.567. The minimum absolute atomic E-state index is 0. The molecule has 0 nitrogen and oxygen atoms in total. The fraction of sp³-hybridized carbons (Fsp3) is 0. The maximum atomic E-state index is 9.58. The molecule has 0 aliphatic heterocycles. The van der Waals surface area contributed by atoms with Crippen LogP contribution in [0.5, 0.6) is 0 Å². The number of rotatable bonds is 0. The van der Waals surface area contributed by atoms with Crippen molar-refractivity contribution >= 4 is 0 Å². The molecule has 0 radical (unpaired) electrons. The predicted octanol–water partition coefficient (Wildman–Crippen LogP) is -1.66. The summed E-state index contributed by atoms with van der Waals surface area (Å²) in [4.78, 5) is 0. The SMILES string of the molecule is F[C-](F)F.[Br-].[Cd+2]. The van der Waals surface area contributed by atoms with Crippen LogP contribution in [0.2, 0.25) is 0 Å². The van der Waals surface area contributed by atoms with Gasteiger partial charge in [0, 0.05) is 0 Å². The monoisotopic (exact) mass is 262 g/mol. The zero-order valence-corrected chi connectivity index (χ0v) is 8.34. The summed E-state index contributed by atoms with van der Waals surface area (Å²) in [5, 5.41) is 0. The van der Waals surface area contributed by atoms with Crippen LogP contribution < -0.4 is 17.0 Å². The van der Waals surface area contributed by atoms with E-state index in [9.17, 15) is 13.2 Å². The van der Waals surface area contributed by atoms with Crippen molar-refractivity contribution in [2.24, 2.45) is 0 Å². The smallest absolute Gasteiger partial charge is 1.00 e. The molecule has 0 rings (SSSR count). The van der Waals surface area contributed by atoms with Gasteiger partial charge in [0.1, 0.15) is 0 Å². The van der Waals surface area contributed by atoms with E-state index in [0.29, 0.717) is 0 Å². The first-order valence-corrected chi connectivity index (χ1v) is 0.567. The third-order valence-electron chi connectivity index (χ3n) is 0. The number of hydrogen-bond acceptors (Lipinski definition) is 0. The van der Waals surface area contributed by atoms with Crippen LogP contribution in [0.3, 0.4) is 0 Å². The Morgan fingerprint density at radius 2 is 1.00 bits per heavy atom. The summed E-state index contributed by atoms with van der Waals surface area (Å²) in [6.45, 7) is -3.08. The third-order valence-corrected chi connectivity index (χ3v) is 0. The molecule has 0 bridgehead atoms. The van der Waals surface area contributed by atoms with Crippen LogP contribution in [0.15, 0.2) is 0 Å². The van der Waals surface area contributed by atoms with Gasteiger partial charge in [-0.1, -0.05) is 0 Å². The number of halogens is 4. The van der Waals surface area contributed by atoms with E-state index >= 15 is 0 Å². The predicted molar refractivity (Wildman–Crippen MR) is 6.57 cm³/mol. The Kier molecular flexibility index (Phi) is 24.8. The molecule has 0 saturated carbocycles. The van der Waals surface area contributed by atoms with Crippen molar-refractivity contribution in [3.05, 3.63) is 6.68 Å². The van der Waals surface area contributed by atoms with Gasteiger partial charge in [0.2, 0.25) is 0 Å². The minimum atomic E-state index is -3.08. The molecule has 0 saturated heterocycles. The molecule has 0 unspecified atom stereocenters. The van der Waals surface area contributed by atoms with E-state index in [0.717, 1.165) is 0 Å². The van der Waals surface area contributed by atoms with Crippen molar-refractivity contribution in [3.63, 3.8) is 0 Å². The van der Waals surface area contributed by atoms with Crippen molar-refractivity contribution in [3.8, 4) is 0 Å². The molecule has 34 valence electrons. The van der Waals surface area contributed by atoms with E-state index in [4.69, 9.17) is 0 Å². The summed E-state index contributed by atoms with van der Waals surface area (Å²) in [5.74, 6) is 0. The average Bonchev–Trinajstić information content (AvgIpc) is 0.811. The van der Waals surface area contributed by atoms with Gasteiger partial charge in [-0.05, 0) is 0 Å². The van der Waals surface area contributed by atoms with E-state index in [1.807, 2.05) is 0 Å². The Hall–Kier alpha value is 1.19. The van der Waals surface area contributed by atoms with Crippen molar-refractivity contribution < 1.29 is 57.5 Å². The van der Waals surface area contributed by atoms with Gasteiger partial charge >= 0.3 is 27.3 Å². The maximum Gasteiger partial charge on any atom is 2.00 e.